The third kappa shape index (κ3) is 6.23. The molecular formula is C22H30O5S. The maximum atomic E-state index is 11.9. The Labute approximate surface area is 170 Å². The van der Waals surface area contributed by atoms with Gasteiger partial charge in [-0.1, -0.05) is 18.3 Å². The Bertz CT molecular complexity index is 840. The summed E-state index contributed by atoms with van der Waals surface area (Å²) < 4.78 is 17.3. The van der Waals surface area contributed by atoms with Crippen LogP contribution >= 0.6 is 11.3 Å². The number of rotatable bonds is 11. The number of methoxy groups -OCH3 is 1. The van der Waals surface area contributed by atoms with E-state index < -0.39 is 5.41 Å². The van der Waals surface area contributed by atoms with E-state index in [0.717, 1.165) is 47.9 Å². The highest BCUT2D eigenvalue weighted by Crippen LogP contribution is 2.30. The lowest BCUT2D eigenvalue weighted by Crippen LogP contribution is -2.26. The fourth-order valence-electron chi connectivity index (χ4n) is 2.60. The van der Waals surface area contributed by atoms with E-state index >= 15 is 0 Å². The van der Waals surface area contributed by atoms with Gasteiger partial charge < -0.3 is 14.2 Å². The van der Waals surface area contributed by atoms with Crippen molar-refractivity contribution >= 4 is 27.4 Å². The summed E-state index contributed by atoms with van der Waals surface area (Å²) in [6.45, 7) is 6.81. The molecule has 0 amide bonds. The Hall–Kier alpha value is -2.08. The molecule has 0 aliphatic heterocycles. The molecule has 1 aromatic carbocycles. The van der Waals surface area contributed by atoms with E-state index in [9.17, 15) is 9.59 Å². The Morgan fingerprint density at radius 2 is 1.79 bits per heavy atom. The summed E-state index contributed by atoms with van der Waals surface area (Å²) in [4.78, 5) is 23.8. The Morgan fingerprint density at radius 1 is 1.07 bits per heavy atom. The van der Waals surface area contributed by atoms with Gasteiger partial charge in [-0.15, -0.1) is 0 Å². The first kappa shape index (κ1) is 22.2. The monoisotopic (exact) mass is 406 g/mol. The Morgan fingerprint density at radius 3 is 2.46 bits per heavy atom. The number of unbranched alkanes of at least 4 members (excludes halogenated alkanes) is 3. The molecule has 2 rings (SSSR count). The highest BCUT2D eigenvalue weighted by Gasteiger charge is 2.26. The van der Waals surface area contributed by atoms with Gasteiger partial charge in [0.2, 0.25) is 4.74 Å². The summed E-state index contributed by atoms with van der Waals surface area (Å²) in [6.07, 6.45) is 4.46. The minimum atomic E-state index is -0.406. The van der Waals surface area contributed by atoms with Gasteiger partial charge in [-0.05, 0) is 64.2 Å². The fourth-order valence-corrected chi connectivity index (χ4v) is 3.39. The summed E-state index contributed by atoms with van der Waals surface area (Å²) in [5.74, 6) is 1.22. The van der Waals surface area contributed by atoms with Crippen LogP contribution in [0.25, 0.3) is 10.1 Å². The van der Waals surface area contributed by atoms with Crippen LogP contribution in [0.4, 0.5) is 0 Å². The number of carbonyl (C=O) groups is 1. The van der Waals surface area contributed by atoms with Crippen LogP contribution in [0.1, 0.15) is 52.9 Å². The number of hydrogen-bond donors (Lipinski definition) is 0. The normalized spacial score (nSPS) is 11.4. The molecule has 0 bridgehead atoms. The first-order valence-electron chi connectivity index (χ1n) is 9.79. The van der Waals surface area contributed by atoms with E-state index in [1.165, 1.54) is 11.3 Å². The summed E-state index contributed by atoms with van der Waals surface area (Å²) in [5.41, 5.74) is -0.406. The fraction of sp³-hybridized carbons (Fsp3) is 0.545. The highest BCUT2D eigenvalue weighted by molar-refractivity contribution is 7.16. The van der Waals surface area contributed by atoms with E-state index in [1.807, 2.05) is 39.0 Å². The van der Waals surface area contributed by atoms with Crippen molar-refractivity contribution in [3.05, 3.63) is 33.8 Å². The summed E-state index contributed by atoms with van der Waals surface area (Å²) in [7, 11) is 1.62. The molecule has 1 aromatic heterocycles. The number of hydrogen-bond acceptors (Lipinski definition) is 6. The molecule has 0 atom stereocenters. The zero-order valence-corrected chi connectivity index (χ0v) is 18.0. The lowest BCUT2D eigenvalue weighted by molar-refractivity contribution is -0.154. The molecule has 0 unspecified atom stereocenters. The van der Waals surface area contributed by atoms with Crippen molar-refractivity contribution in [2.24, 2.45) is 5.41 Å². The van der Waals surface area contributed by atoms with Gasteiger partial charge in [0.1, 0.15) is 11.5 Å². The molecule has 154 valence electrons. The summed E-state index contributed by atoms with van der Waals surface area (Å²) in [5, 5.41) is 0.898. The molecule has 0 aliphatic rings. The van der Waals surface area contributed by atoms with E-state index in [1.54, 1.807) is 13.2 Å². The molecule has 0 saturated carbocycles. The zero-order valence-electron chi connectivity index (χ0n) is 17.2. The van der Waals surface area contributed by atoms with Crippen LogP contribution in [0.3, 0.4) is 0 Å². The molecule has 2 aromatic rings. The molecule has 0 spiro atoms. The van der Waals surface area contributed by atoms with Crippen LogP contribution in [0.15, 0.2) is 29.1 Å². The third-order valence-corrected chi connectivity index (χ3v) is 5.77. The Kier molecular flexibility index (Phi) is 8.30. The molecular weight excluding hydrogens is 376 g/mol. The second-order valence-electron chi connectivity index (χ2n) is 7.43. The van der Waals surface area contributed by atoms with Crippen molar-refractivity contribution < 1.29 is 19.0 Å². The number of ether oxygens (including phenoxy) is 3. The van der Waals surface area contributed by atoms with Gasteiger partial charge in [0.25, 0.3) is 0 Å². The van der Waals surface area contributed by atoms with Gasteiger partial charge in [0, 0.05) is 16.2 Å². The summed E-state index contributed by atoms with van der Waals surface area (Å²) >= 11 is 1.20. The molecule has 6 heteroatoms. The minimum absolute atomic E-state index is 0.0236. The van der Waals surface area contributed by atoms with Crippen molar-refractivity contribution in [3.8, 4) is 11.5 Å². The smallest absolute Gasteiger partial charge is 0.311 e. The van der Waals surface area contributed by atoms with Gasteiger partial charge >= 0.3 is 5.97 Å². The van der Waals surface area contributed by atoms with Crippen LogP contribution in [0.5, 0.6) is 11.5 Å². The number of fused-ring (bicyclic) bond motifs is 1. The molecule has 1 heterocycles. The quantitative estimate of drug-likeness (QED) is 0.380. The zero-order chi connectivity index (χ0) is 20.6. The van der Waals surface area contributed by atoms with Gasteiger partial charge in [0.15, 0.2) is 0 Å². The van der Waals surface area contributed by atoms with Crippen LogP contribution in [0, 0.1) is 5.41 Å². The maximum Gasteiger partial charge on any atom is 0.311 e. The lowest BCUT2D eigenvalue weighted by Gasteiger charge is -2.20. The van der Waals surface area contributed by atoms with Crippen LogP contribution < -0.4 is 14.2 Å². The van der Waals surface area contributed by atoms with Crippen molar-refractivity contribution in [1.82, 2.24) is 0 Å². The second kappa shape index (κ2) is 10.5. The van der Waals surface area contributed by atoms with Crippen LogP contribution in [-0.4, -0.2) is 26.3 Å². The molecule has 0 N–H and O–H groups in total. The third-order valence-electron chi connectivity index (χ3n) is 4.88. The van der Waals surface area contributed by atoms with Crippen LogP contribution in [0.2, 0.25) is 0 Å². The van der Waals surface area contributed by atoms with Crippen LogP contribution in [-0.2, 0) is 9.53 Å². The first-order valence-corrected chi connectivity index (χ1v) is 10.6. The largest absolute Gasteiger partial charge is 0.497 e. The average Bonchev–Trinajstić information content (AvgIpc) is 2.69. The van der Waals surface area contributed by atoms with Gasteiger partial charge in [-0.3, -0.25) is 9.59 Å². The van der Waals surface area contributed by atoms with Gasteiger partial charge in [0.05, 0.1) is 25.7 Å². The predicted octanol–water partition coefficient (Wildman–Crippen LogP) is 5.19. The van der Waals surface area contributed by atoms with Crippen molar-refractivity contribution in [1.29, 1.82) is 0 Å². The Balaban J connectivity index is 1.74. The van der Waals surface area contributed by atoms with Crippen molar-refractivity contribution in [3.63, 3.8) is 0 Å². The van der Waals surface area contributed by atoms with E-state index in [0.29, 0.717) is 19.0 Å². The molecule has 0 radical (unpaired) electrons. The number of carbonyl (C=O) groups excluding carboxylic acids is 1. The van der Waals surface area contributed by atoms with Crippen molar-refractivity contribution in [2.75, 3.05) is 20.3 Å². The highest BCUT2D eigenvalue weighted by atomic mass is 32.1. The molecule has 0 saturated heterocycles. The summed E-state index contributed by atoms with van der Waals surface area (Å²) in [6, 6.07) is 7.17. The SMILES string of the molecule is CCC(C)(C)C(=O)OCCCCCCOc1cc(=O)sc2ccc(OC)cc12. The van der Waals surface area contributed by atoms with E-state index in [2.05, 4.69) is 0 Å². The molecule has 5 nitrogen and oxygen atoms in total. The predicted molar refractivity (Wildman–Crippen MR) is 114 cm³/mol. The molecule has 0 fully saturated rings. The van der Waals surface area contributed by atoms with Gasteiger partial charge in [-0.25, -0.2) is 0 Å². The van der Waals surface area contributed by atoms with Crippen molar-refractivity contribution in [2.45, 2.75) is 52.9 Å². The van der Waals surface area contributed by atoms with E-state index in [-0.39, 0.29) is 10.7 Å². The molecule has 28 heavy (non-hydrogen) atoms. The number of benzene rings is 1. The maximum absolute atomic E-state index is 11.9. The number of esters is 1. The molecule has 0 aliphatic carbocycles. The minimum Gasteiger partial charge on any atom is -0.497 e. The second-order valence-corrected chi connectivity index (χ2v) is 8.47. The van der Waals surface area contributed by atoms with Gasteiger partial charge in [-0.2, -0.15) is 0 Å². The average molecular weight is 407 g/mol. The van der Waals surface area contributed by atoms with E-state index in [4.69, 9.17) is 14.2 Å². The standard InChI is InChI=1S/C22H30O5S/c1-5-22(2,3)21(24)27-13-9-7-6-8-12-26-18-15-20(23)28-19-11-10-16(25-4)14-17(18)19/h10-11,14-15H,5-9,12-13H2,1-4H3. The topological polar surface area (TPSA) is 61.8 Å². The lowest BCUT2D eigenvalue weighted by atomic mass is 9.91. The first-order chi connectivity index (χ1) is 13.4.